The SMILES string of the molecule is CCCN(CC)C(C)C(C)CC. The van der Waals surface area contributed by atoms with E-state index in [9.17, 15) is 0 Å². The van der Waals surface area contributed by atoms with Crippen LogP contribution >= 0.6 is 0 Å². The number of rotatable bonds is 6. The summed E-state index contributed by atoms with van der Waals surface area (Å²) in [5, 5.41) is 0. The summed E-state index contributed by atoms with van der Waals surface area (Å²) in [6, 6.07) is 0.750. The van der Waals surface area contributed by atoms with Gasteiger partial charge in [0.05, 0.1) is 0 Å². The van der Waals surface area contributed by atoms with E-state index < -0.39 is 0 Å². The van der Waals surface area contributed by atoms with Gasteiger partial charge < -0.3 is 4.90 Å². The van der Waals surface area contributed by atoms with E-state index in [0.717, 1.165) is 12.0 Å². The third kappa shape index (κ3) is 3.57. The van der Waals surface area contributed by atoms with Crippen LogP contribution in [0.5, 0.6) is 0 Å². The predicted octanol–water partition coefficient (Wildman–Crippen LogP) is 3.15. The van der Waals surface area contributed by atoms with Crippen molar-refractivity contribution >= 4 is 0 Å². The van der Waals surface area contributed by atoms with Crippen LogP contribution in [0.1, 0.15) is 47.5 Å². The second-order valence-electron chi connectivity index (χ2n) is 3.75. The normalized spacial score (nSPS) is 16.5. The highest BCUT2D eigenvalue weighted by molar-refractivity contribution is 4.70. The van der Waals surface area contributed by atoms with Crippen LogP contribution in [0, 0.1) is 5.92 Å². The first-order valence-corrected chi connectivity index (χ1v) is 5.41. The second kappa shape index (κ2) is 6.47. The van der Waals surface area contributed by atoms with Gasteiger partial charge in [-0.05, 0) is 32.4 Å². The molecule has 0 spiro atoms. The zero-order valence-electron chi connectivity index (χ0n) is 9.43. The molecule has 0 aromatic carbocycles. The van der Waals surface area contributed by atoms with Gasteiger partial charge in [-0.15, -0.1) is 0 Å². The average Bonchev–Trinajstić information content (AvgIpc) is 2.11. The van der Waals surface area contributed by atoms with Crippen molar-refractivity contribution in [3.8, 4) is 0 Å². The van der Waals surface area contributed by atoms with Crippen molar-refractivity contribution in [1.82, 2.24) is 4.90 Å². The number of hydrogen-bond donors (Lipinski definition) is 0. The quantitative estimate of drug-likeness (QED) is 0.593. The van der Waals surface area contributed by atoms with Crippen molar-refractivity contribution < 1.29 is 0 Å². The maximum Gasteiger partial charge on any atom is 0.00923 e. The van der Waals surface area contributed by atoms with Crippen LogP contribution in [-0.4, -0.2) is 24.0 Å². The Morgan fingerprint density at radius 3 is 2.00 bits per heavy atom. The zero-order valence-corrected chi connectivity index (χ0v) is 9.43. The van der Waals surface area contributed by atoms with Crippen molar-refractivity contribution in [2.75, 3.05) is 13.1 Å². The molecule has 0 amide bonds. The molecule has 0 aliphatic carbocycles. The molecule has 1 heteroatoms. The Morgan fingerprint density at radius 1 is 1.08 bits per heavy atom. The van der Waals surface area contributed by atoms with Crippen LogP contribution < -0.4 is 0 Å². The summed E-state index contributed by atoms with van der Waals surface area (Å²) in [7, 11) is 0. The van der Waals surface area contributed by atoms with E-state index in [1.165, 1.54) is 25.9 Å². The van der Waals surface area contributed by atoms with Gasteiger partial charge in [0.1, 0.15) is 0 Å². The smallest absolute Gasteiger partial charge is 0.00923 e. The summed E-state index contributed by atoms with van der Waals surface area (Å²) >= 11 is 0. The van der Waals surface area contributed by atoms with E-state index in [4.69, 9.17) is 0 Å². The molecular weight excluding hydrogens is 146 g/mol. The maximum atomic E-state index is 2.58. The van der Waals surface area contributed by atoms with E-state index in [1.807, 2.05) is 0 Å². The topological polar surface area (TPSA) is 3.24 Å². The molecule has 0 aromatic rings. The van der Waals surface area contributed by atoms with Crippen LogP contribution in [0.2, 0.25) is 0 Å². The number of nitrogens with zero attached hydrogens (tertiary/aromatic N) is 1. The van der Waals surface area contributed by atoms with Crippen molar-refractivity contribution in [3.05, 3.63) is 0 Å². The molecule has 1 nitrogen and oxygen atoms in total. The van der Waals surface area contributed by atoms with Crippen molar-refractivity contribution in [2.45, 2.75) is 53.5 Å². The minimum absolute atomic E-state index is 0.750. The lowest BCUT2D eigenvalue weighted by atomic mass is 9.99. The van der Waals surface area contributed by atoms with Gasteiger partial charge in [-0.3, -0.25) is 0 Å². The Kier molecular flexibility index (Phi) is 6.45. The van der Waals surface area contributed by atoms with E-state index in [0.29, 0.717) is 0 Å². The predicted molar refractivity (Wildman–Crippen MR) is 56.5 cm³/mol. The minimum atomic E-state index is 0.750. The van der Waals surface area contributed by atoms with E-state index in [1.54, 1.807) is 0 Å². The molecule has 2 unspecified atom stereocenters. The molecule has 0 bridgehead atoms. The summed E-state index contributed by atoms with van der Waals surface area (Å²) in [4.78, 5) is 2.58. The molecule has 0 saturated heterocycles. The van der Waals surface area contributed by atoms with Gasteiger partial charge in [-0.25, -0.2) is 0 Å². The molecule has 0 aliphatic rings. The first-order chi connectivity index (χ1) is 5.67. The molecule has 0 aromatic heterocycles. The summed E-state index contributed by atoms with van der Waals surface area (Å²) in [6.45, 7) is 13.9. The molecule has 12 heavy (non-hydrogen) atoms. The fourth-order valence-electron chi connectivity index (χ4n) is 1.64. The highest BCUT2D eigenvalue weighted by Crippen LogP contribution is 2.13. The highest BCUT2D eigenvalue weighted by atomic mass is 15.1. The number of hydrogen-bond acceptors (Lipinski definition) is 1. The lowest BCUT2D eigenvalue weighted by Gasteiger charge is -2.31. The molecule has 0 heterocycles. The molecule has 0 radical (unpaired) electrons. The molecule has 0 N–H and O–H groups in total. The highest BCUT2D eigenvalue weighted by Gasteiger charge is 2.15. The zero-order chi connectivity index (χ0) is 9.56. The van der Waals surface area contributed by atoms with Crippen molar-refractivity contribution in [3.63, 3.8) is 0 Å². The molecule has 0 fully saturated rings. The van der Waals surface area contributed by atoms with Crippen LogP contribution in [0.15, 0.2) is 0 Å². The van der Waals surface area contributed by atoms with E-state index >= 15 is 0 Å². The third-order valence-corrected chi connectivity index (χ3v) is 2.96. The first kappa shape index (κ1) is 12.0. The third-order valence-electron chi connectivity index (χ3n) is 2.96. The van der Waals surface area contributed by atoms with Gasteiger partial charge >= 0.3 is 0 Å². The standard InChI is InChI=1S/C11H25N/c1-6-9-12(8-3)11(5)10(4)7-2/h10-11H,6-9H2,1-5H3. The van der Waals surface area contributed by atoms with Gasteiger partial charge in [0.15, 0.2) is 0 Å². The molecule has 74 valence electrons. The Balaban J connectivity index is 3.91. The minimum Gasteiger partial charge on any atom is -0.301 e. The van der Waals surface area contributed by atoms with Gasteiger partial charge in [0.25, 0.3) is 0 Å². The van der Waals surface area contributed by atoms with Gasteiger partial charge in [-0.2, -0.15) is 0 Å². The second-order valence-corrected chi connectivity index (χ2v) is 3.75. The lowest BCUT2D eigenvalue weighted by Crippen LogP contribution is -2.37. The largest absolute Gasteiger partial charge is 0.301 e. The first-order valence-electron chi connectivity index (χ1n) is 5.41. The van der Waals surface area contributed by atoms with Gasteiger partial charge in [-0.1, -0.05) is 34.1 Å². The molecule has 2 atom stereocenters. The molecule has 0 aliphatic heterocycles. The Hall–Kier alpha value is -0.0400. The van der Waals surface area contributed by atoms with Crippen molar-refractivity contribution in [1.29, 1.82) is 0 Å². The van der Waals surface area contributed by atoms with Crippen LogP contribution in [0.25, 0.3) is 0 Å². The molecule has 0 rings (SSSR count). The summed E-state index contributed by atoms with van der Waals surface area (Å²) < 4.78 is 0. The Labute approximate surface area is 78.1 Å². The molecular formula is C11H25N. The van der Waals surface area contributed by atoms with Crippen molar-refractivity contribution in [2.24, 2.45) is 5.92 Å². The lowest BCUT2D eigenvalue weighted by molar-refractivity contribution is 0.167. The average molecular weight is 171 g/mol. The van der Waals surface area contributed by atoms with Gasteiger partial charge in [0.2, 0.25) is 0 Å². The fourth-order valence-corrected chi connectivity index (χ4v) is 1.64. The van der Waals surface area contributed by atoms with E-state index in [2.05, 4.69) is 39.5 Å². The van der Waals surface area contributed by atoms with Crippen LogP contribution in [0.3, 0.4) is 0 Å². The monoisotopic (exact) mass is 171 g/mol. The summed E-state index contributed by atoms with van der Waals surface area (Å²) in [6.07, 6.45) is 2.57. The summed E-state index contributed by atoms with van der Waals surface area (Å²) in [5.74, 6) is 0.830. The van der Waals surface area contributed by atoms with Crippen LogP contribution in [0.4, 0.5) is 0 Å². The Morgan fingerprint density at radius 2 is 1.67 bits per heavy atom. The maximum absolute atomic E-state index is 2.58. The Bertz CT molecular complexity index is 101. The fraction of sp³-hybridized carbons (Fsp3) is 1.00. The molecule has 0 saturated carbocycles. The van der Waals surface area contributed by atoms with Crippen LogP contribution in [-0.2, 0) is 0 Å². The van der Waals surface area contributed by atoms with Gasteiger partial charge in [0, 0.05) is 6.04 Å². The summed E-state index contributed by atoms with van der Waals surface area (Å²) in [5.41, 5.74) is 0. The van der Waals surface area contributed by atoms with E-state index in [-0.39, 0.29) is 0 Å².